The van der Waals surface area contributed by atoms with Gasteiger partial charge in [0, 0.05) is 5.39 Å². The highest BCUT2D eigenvalue weighted by Crippen LogP contribution is 2.16. The van der Waals surface area contributed by atoms with Gasteiger partial charge in [0.1, 0.15) is 6.07 Å². The Morgan fingerprint density at radius 1 is 1.15 bits per heavy atom. The van der Waals surface area contributed by atoms with E-state index in [1.807, 2.05) is 6.07 Å². The quantitative estimate of drug-likeness (QED) is 0.684. The van der Waals surface area contributed by atoms with Crippen LogP contribution in [0.1, 0.15) is 23.0 Å². The molecule has 1 amide bonds. The van der Waals surface area contributed by atoms with E-state index in [-0.39, 0.29) is 11.3 Å². The first-order valence-electron chi connectivity index (χ1n) is 7.99. The maximum absolute atomic E-state index is 12.4. The molecule has 27 heavy (non-hydrogen) atoms. The van der Waals surface area contributed by atoms with Crippen LogP contribution in [0.2, 0.25) is 0 Å². The smallest absolute Gasteiger partial charge is 0.360 e. The number of para-hydroxylation sites is 1. The average molecular weight is 362 g/mol. The van der Waals surface area contributed by atoms with Gasteiger partial charge in [0.15, 0.2) is 11.8 Å². The number of nitrogens with zero attached hydrogens (tertiary/aromatic N) is 2. The number of nitrogens with one attached hydrogen (secondary N) is 2. The van der Waals surface area contributed by atoms with Gasteiger partial charge >= 0.3 is 5.97 Å². The maximum atomic E-state index is 12.4. The normalized spacial score (nSPS) is 11.4. The Morgan fingerprint density at radius 2 is 1.81 bits per heavy atom. The number of benzene rings is 2. The highest BCUT2D eigenvalue weighted by atomic mass is 16.5. The van der Waals surface area contributed by atoms with Gasteiger partial charge in [0.25, 0.3) is 11.5 Å². The van der Waals surface area contributed by atoms with Crippen LogP contribution in [-0.2, 0) is 9.53 Å². The molecular formula is C19H14N4O4. The molecule has 8 nitrogen and oxygen atoms in total. The predicted octanol–water partition coefficient (Wildman–Crippen LogP) is 1.98. The van der Waals surface area contributed by atoms with Gasteiger partial charge in [0.2, 0.25) is 0 Å². The van der Waals surface area contributed by atoms with Crippen LogP contribution in [0.5, 0.6) is 0 Å². The van der Waals surface area contributed by atoms with Crippen LogP contribution in [0.15, 0.2) is 53.3 Å². The zero-order chi connectivity index (χ0) is 19.4. The van der Waals surface area contributed by atoms with Crippen molar-refractivity contribution >= 4 is 28.3 Å². The Hall–Kier alpha value is -3.99. The van der Waals surface area contributed by atoms with Crippen LogP contribution in [0, 0.1) is 11.3 Å². The van der Waals surface area contributed by atoms with E-state index in [9.17, 15) is 14.4 Å². The lowest BCUT2D eigenvalue weighted by atomic mass is 10.1. The van der Waals surface area contributed by atoms with E-state index in [0.29, 0.717) is 16.5 Å². The van der Waals surface area contributed by atoms with Gasteiger partial charge in [-0.15, -0.1) is 0 Å². The summed E-state index contributed by atoms with van der Waals surface area (Å²) in [6, 6.07) is 14.9. The van der Waals surface area contributed by atoms with Crippen LogP contribution in [0.25, 0.3) is 10.8 Å². The van der Waals surface area contributed by atoms with Crippen LogP contribution < -0.4 is 10.9 Å². The van der Waals surface area contributed by atoms with E-state index < -0.39 is 23.5 Å². The van der Waals surface area contributed by atoms with E-state index in [1.54, 1.807) is 48.5 Å². The molecule has 2 N–H and O–H groups in total. The molecule has 1 heterocycles. The molecule has 8 heteroatoms. The Kier molecular flexibility index (Phi) is 4.95. The molecule has 0 radical (unpaired) electrons. The molecule has 1 atom stereocenters. The van der Waals surface area contributed by atoms with Gasteiger partial charge in [-0.3, -0.25) is 9.59 Å². The van der Waals surface area contributed by atoms with Crippen molar-refractivity contribution in [3.63, 3.8) is 0 Å². The minimum atomic E-state index is -1.14. The zero-order valence-electron chi connectivity index (χ0n) is 14.2. The third-order valence-corrected chi connectivity index (χ3v) is 3.85. The minimum absolute atomic E-state index is 0.0951. The number of nitriles is 1. The zero-order valence-corrected chi connectivity index (χ0v) is 14.2. The summed E-state index contributed by atoms with van der Waals surface area (Å²) in [5.74, 6) is -1.45. The number of esters is 1. The molecule has 0 bridgehead atoms. The number of aromatic nitrogens is 2. The maximum Gasteiger partial charge on any atom is 0.360 e. The summed E-state index contributed by atoms with van der Waals surface area (Å²) in [5, 5.41) is 18.2. The van der Waals surface area contributed by atoms with E-state index in [0.717, 1.165) is 0 Å². The number of ether oxygens (including phenoxy) is 1. The standard InChI is InChI=1S/C19H14N4O4/c1-11(17(24)21-15-9-5-2-6-12(15)10-20)27-19(26)16-13-7-3-4-8-14(13)18(25)23-22-16/h2-9,11H,1H3,(H,21,24)(H,23,25)/t11-/m0/s1. The Labute approximate surface area is 153 Å². The number of anilines is 1. The van der Waals surface area contributed by atoms with Crippen molar-refractivity contribution in [1.29, 1.82) is 5.26 Å². The second-order valence-corrected chi connectivity index (χ2v) is 5.64. The predicted molar refractivity (Wildman–Crippen MR) is 97.0 cm³/mol. The molecule has 3 rings (SSSR count). The number of H-pyrrole nitrogens is 1. The first kappa shape index (κ1) is 17.8. The molecule has 0 aliphatic heterocycles. The summed E-state index contributed by atoms with van der Waals surface area (Å²) in [5.41, 5.74) is 0.0847. The topological polar surface area (TPSA) is 125 Å². The minimum Gasteiger partial charge on any atom is -0.448 e. The molecule has 0 spiro atoms. The van der Waals surface area contributed by atoms with Crippen LogP contribution in [-0.4, -0.2) is 28.2 Å². The van der Waals surface area contributed by atoms with Gasteiger partial charge in [0.05, 0.1) is 16.6 Å². The highest BCUT2D eigenvalue weighted by molar-refractivity contribution is 6.03. The number of hydrogen-bond acceptors (Lipinski definition) is 6. The van der Waals surface area contributed by atoms with Crippen molar-refractivity contribution in [1.82, 2.24) is 10.2 Å². The molecule has 0 aliphatic rings. The Balaban J connectivity index is 1.78. The number of amides is 1. The lowest BCUT2D eigenvalue weighted by Gasteiger charge is -2.14. The van der Waals surface area contributed by atoms with Crippen LogP contribution in [0.3, 0.4) is 0 Å². The van der Waals surface area contributed by atoms with Gasteiger partial charge in [-0.1, -0.05) is 30.3 Å². The molecule has 2 aromatic carbocycles. The molecule has 0 fully saturated rings. The lowest BCUT2D eigenvalue weighted by Crippen LogP contribution is -2.31. The Bertz CT molecular complexity index is 1130. The van der Waals surface area contributed by atoms with Crippen molar-refractivity contribution < 1.29 is 14.3 Å². The van der Waals surface area contributed by atoms with Crippen LogP contribution in [0.4, 0.5) is 5.69 Å². The summed E-state index contributed by atoms with van der Waals surface area (Å²) in [4.78, 5) is 36.5. The fraction of sp³-hybridized carbons (Fsp3) is 0.105. The fourth-order valence-corrected chi connectivity index (χ4v) is 2.46. The number of carbonyl (C=O) groups excluding carboxylic acids is 2. The van der Waals surface area contributed by atoms with E-state index in [2.05, 4.69) is 15.5 Å². The number of fused-ring (bicyclic) bond motifs is 1. The number of rotatable bonds is 4. The second kappa shape index (κ2) is 7.49. The number of carbonyl (C=O) groups is 2. The molecule has 134 valence electrons. The van der Waals surface area contributed by atoms with Crippen LogP contribution >= 0.6 is 0 Å². The summed E-state index contributed by atoms with van der Waals surface area (Å²) >= 11 is 0. The Morgan fingerprint density at radius 3 is 2.56 bits per heavy atom. The van der Waals surface area contributed by atoms with E-state index in [4.69, 9.17) is 10.00 Å². The fourth-order valence-electron chi connectivity index (χ4n) is 2.46. The SMILES string of the molecule is C[C@H](OC(=O)c1n[nH]c(=O)c2ccccc12)C(=O)Nc1ccccc1C#N. The molecule has 0 aliphatic carbocycles. The first-order chi connectivity index (χ1) is 13.0. The van der Waals surface area contributed by atoms with Crippen molar-refractivity contribution in [2.24, 2.45) is 0 Å². The van der Waals surface area contributed by atoms with Gasteiger partial charge < -0.3 is 10.1 Å². The third kappa shape index (κ3) is 3.67. The average Bonchev–Trinajstić information content (AvgIpc) is 2.68. The number of hydrogen-bond donors (Lipinski definition) is 2. The lowest BCUT2D eigenvalue weighted by molar-refractivity contribution is -0.123. The van der Waals surface area contributed by atoms with Crippen molar-refractivity contribution in [3.05, 3.63) is 70.1 Å². The molecule has 3 aromatic rings. The summed E-state index contributed by atoms with van der Waals surface area (Å²) in [6.45, 7) is 1.40. The summed E-state index contributed by atoms with van der Waals surface area (Å²) in [6.07, 6.45) is -1.14. The largest absolute Gasteiger partial charge is 0.448 e. The summed E-state index contributed by atoms with van der Waals surface area (Å²) < 4.78 is 5.17. The highest BCUT2D eigenvalue weighted by Gasteiger charge is 2.22. The van der Waals surface area contributed by atoms with Gasteiger partial charge in [-0.25, -0.2) is 9.89 Å². The van der Waals surface area contributed by atoms with Crippen molar-refractivity contribution in [2.75, 3.05) is 5.32 Å². The number of aromatic amines is 1. The van der Waals surface area contributed by atoms with E-state index in [1.165, 1.54) is 6.92 Å². The van der Waals surface area contributed by atoms with Gasteiger partial charge in [-0.05, 0) is 25.1 Å². The molecule has 0 saturated heterocycles. The monoisotopic (exact) mass is 362 g/mol. The third-order valence-electron chi connectivity index (χ3n) is 3.85. The molecule has 0 saturated carbocycles. The molecule has 0 unspecified atom stereocenters. The van der Waals surface area contributed by atoms with Gasteiger partial charge in [-0.2, -0.15) is 10.4 Å². The van der Waals surface area contributed by atoms with E-state index >= 15 is 0 Å². The summed E-state index contributed by atoms with van der Waals surface area (Å²) in [7, 11) is 0. The molecule has 1 aromatic heterocycles. The molecular weight excluding hydrogens is 348 g/mol. The first-order valence-corrected chi connectivity index (χ1v) is 7.99. The second-order valence-electron chi connectivity index (χ2n) is 5.64. The van der Waals surface area contributed by atoms with Crippen molar-refractivity contribution in [3.8, 4) is 6.07 Å². The van der Waals surface area contributed by atoms with Crippen molar-refractivity contribution in [2.45, 2.75) is 13.0 Å².